The van der Waals surface area contributed by atoms with Gasteiger partial charge in [0.05, 0.1) is 5.01 Å². The first-order valence-electron chi connectivity index (χ1n) is 6.68. The molecule has 4 heteroatoms. The molecule has 1 aliphatic rings. The summed E-state index contributed by atoms with van der Waals surface area (Å²) >= 11 is 1.52. The van der Waals surface area contributed by atoms with Crippen LogP contribution in [-0.2, 0) is 0 Å². The maximum Gasteiger partial charge on any atom is 0.132 e. The van der Waals surface area contributed by atoms with Crippen LogP contribution in [0.15, 0.2) is 18.2 Å². The van der Waals surface area contributed by atoms with E-state index in [0.717, 1.165) is 10.6 Å². The Balaban J connectivity index is 2.02. The van der Waals surface area contributed by atoms with Crippen molar-refractivity contribution in [3.8, 4) is 11.3 Å². The van der Waals surface area contributed by atoms with Crippen LogP contribution in [0.3, 0.4) is 0 Å². The molecule has 3 rings (SSSR count). The van der Waals surface area contributed by atoms with E-state index in [1.807, 2.05) is 13.0 Å². The first kappa shape index (κ1) is 12.6. The maximum atomic E-state index is 13.9. The minimum atomic E-state index is -0.249. The highest BCUT2D eigenvalue weighted by atomic mass is 32.1. The summed E-state index contributed by atoms with van der Waals surface area (Å²) in [4.78, 5) is 4.62. The molecule has 1 heterocycles. The number of hydrogen-bond acceptors (Lipinski definition) is 3. The van der Waals surface area contributed by atoms with Gasteiger partial charge in [-0.25, -0.2) is 9.37 Å². The van der Waals surface area contributed by atoms with E-state index in [9.17, 15) is 4.39 Å². The monoisotopic (exact) mass is 276 g/mol. The number of thiazole rings is 1. The van der Waals surface area contributed by atoms with Gasteiger partial charge in [0.1, 0.15) is 16.5 Å². The second-order valence-electron chi connectivity index (χ2n) is 5.23. The fourth-order valence-electron chi connectivity index (χ4n) is 2.71. The minimum Gasteiger partial charge on any atom is -0.389 e. The molecule has 1 aromatic carbocycles. The van der Waals surface area contributed by atoms with Crippen LogP contribution >= 0.6 is 11.3 Å². The van der Waals surface area contributed by atoms with E-state index >= 15 is 0 Å². The van der Waals surface area contributed by atoms with E-state index in [0.29, 0.717) is 22.2 Å². The quantitative estimate of drug-likeness (QED) is 0.877. The predicted octanol–water partition coefficient (Wildman–Crippen LogP) is 4.50. The normalized spacial score (nSPS) is 16.1. The molecule has 1 aromatic heterocycles. The molecule has 0 spiro atoms. The summed E-state index contributed by atoms with van der Waals surface area (Å²) in [6.07, 6.45) is 4.89. The highest BCUT2D eigenvalue weighted by Gasteiger charge is 2.23. The number of nitrogens with zero attached hydrogens (tertiary/aromatic N) is 1. The number of nitrogens with two attached hydrogens (primary N) is 1. The summed E-state index contributed by atoms with van der Waals surface area (Å²) in [6.45, 7) is 1.95. The molecule has 2 nitrogen and oxygen atoms in total. The molecular formula is C15H17FN2S. The molecule has 19 heavy (non-hydrogen) atoms. The van der Waals surface area contributed by atoms with Crippen molar-refractivity contribution in [1.29, 1.82) is 0 Å². The third-order valence-corrected chi connectivity index (χ3v) is 4.80. The van der Waals surface area contributed by atoms with Crippen molar-refractivity contribution < 1.29 is 4.39 Å². The lowest BCUT2D eigenvalue weighted by Gasteiger charge is -2.04. The number of benzene rings is 1. The van der Waals surface area contributed by atoms with E-state index in [4.69, 9.17) is 5.73 Å². The Bertz CT molecular complexity index is 600. The summed E-state index contributed by atoms with van der Waals surface area (Å²) in [5.41, 5.74) is 8.21. The number of anilines is 1. The number of aryl methyl sites for hydroxylation is 1. The molecular weight excluding hydrogens is 259 g/mol. The van der Waals surface area contributed by atoms with Crippen LogP contribution in [-0.4, -0.2) is 4.98 Å². The highest BCUT2D eigenvalue weighted by Crippen LogP contribution is 2.41. The summed E-state index contributed by atoms with van der Waals surface area (Å²) in [7, 11) is 0. The molecule has 0 bridgehead atoms. The second kappa shape index (κ2) is 4.93. The van der Waals surface area contributed by atoms with E-state index in [1.54, 1.807) is 6.07 Å². The van der Waals surface area contributed by atoms with Gasteiger partial charge < -0.3 is 5.73 Å². The first-order chi connectivity index (χ1) is 9.15. The lowest BCUT2D eigenvalue weighted by atomic mass is 10.1. The van der Waals surface area contributed by atoms with Crippen LogP contribution in [0.1, 0.15) is 42.2 Å². The highest BCUT2D eigenvalue weighted by molar-refractivity contribution is 7.16. The Morgan fingerprint density at radius 3 is 2.79 bits per heavy atom. The van der Waals surface area contributed by atoms with Gasteiger partial charge in [0, 0.05) is 11.5 Å². The van der Waals surface area contributed by atoms with Crippen molar-refractivity contribution >= 4 is 16.3 Å². The fraction of sp³-hybridized carbons (Fsp3) is 0.400. The van der Waals surface area contributed by atoms with Gasteiger partial charge in [-0.05, 0) is 31.9 Å². The zero-order valence-corrected chi connectivity index (χ0v) is 11.8. The molecule has 0 unspecified atom stereocenters. The van der Waals surface area contributed by atoms with E-state index < -0.39 is 0 Å². The molecule has 0 aliphatic heterocycles. The van der Waals surface area contributed by atoms with Crippen LogP contribution < -0.4 is 5.73 Å². The van der Waals surface area contributed by atoms with Gasteiger partial charge in [-0.2, -0.15) is 0 Å². The molecule has 1 fully saturated rings. The van der Waals surface area contributed by atoms with Crippen molar-refractivity contribution in [2.75, 3.05) is 5.73 Å². The first-order valence-corrected chi connectivity index (χ1v) is 7.49. The number of rotatable bonds is 2. The van der Waals surface area contributed by atoms with E-state index in [1.165, 1.54) is 43.1 Å². The van der Waals surface area contributed by atoms with Gasteiger partial charge in [-0.15, -0.1) is 11.3 Å². The van der Waals surface area contributed by atoms with Gasteiger partial charge in [0.25, 0.3) is 0 Å². The number of aromatic nitrogens is 1. The Hall–Kier alpha value is -1.42. The van der Waals surface area contributed by atoms with Crippen LogP contribution in [0, 0.1) is 12.7 Å². The predicted molar refractivity (Wildman–Crippen MR) is 77.9 cm³/mol. The van der Waals surface area contributed by atoms with Gasteiger partial charge in [-0.3, -0.25) is 0 Å². The average molecular weight is 276 g/mol. The second-order valence-corrected chi connectivity index (χ2v) is 6.29. The molecule has 1 aliphatic carbocycles. The van der Waals surface area contributed by atoms with Crippen LogP contribution in [0.4, 0.5) is 9.39 Å². The zero-order chi connectivity index (χ0) is 13.4. The molecule has 2 aromatic rings. The summed E-state index contributed by atoms with van der Waals surface area (Å²) in [6, 6.07) is 5.07. The van der Waals surface area contributed by atoms with Gasteiger partial charge in [0.15, 0.2) is 0 Å². The molecule has 100 valence electrons. The third-order valence-electron chi connectivity index (χ3n) is 3.75. The SMILES string of the molecule is Cc1ccc(F)c(-c2nc(C3CCCC3)sc2N)c1. The van der Waals surface area contributed by atoms with Crippen LogP contribution in [0.25, 0.3) is 11.3 Å². The fourth-order valence-corrected chi connectivity index (χ4v) is 3.73. The van der Waals surface area contributed by atoms with Gasteiger partial charge >= 0.3 is 0 Å². The minimum absolute atomic E-state index is 0.249. The molecule has 0 atom stereocenters. The van der Waals surface area contributed by atoms with Crippen LogP contribution in [0.2, 0.25) is 0 Å². The summed E-state index contributed by atoms with van der Waals surface area (Å²) in [5.74, 6) is 0.273. The topological polar surface area (TPSA) is 38.9 Å². The maximum absolute atomic E-state index is 13.9. The smallest absolute Gasteiger partial charge is 0.132 e. The molecule has 0 radical (unpaired) electrons. The molecule has 1 saturated carbocycles. The average Bonchev–Trinajstić information content (AvgIpc) is 3.01. The third kappa shape index (κ3) is 2.37. The summed E-state index contributed by atoms with van der Waals surface area (Å²) in [5, 5.41) is 1.71. The van der Waals surface area contributed by atoms with E-state index in [2.05, 4.69) is 4.98 Å². The largest absolute Gasteiger partial charge is 0.389 e. The Labute approximate surface area is 116 Å². The Morgan fingerprint density at radius 2 is 2.05 bits per heavy atom. The lowest BCUT2D eigenvalue weighted by molar-refractivity contribution is 0.630. The van der Waals surface area contributed by atoms with E-state index in [-0.39, 0.29) is 5.82 Å². The number of nitrogen functional groups attached to an aromatic ring is 1. The van der Waals surface area contributed by atoms with Crippen molar-refractivity contribution in [1.82, 2.24) is 4.98 Å². The number of hydrogen-bond donors (Lipinski definition) is 1. The van der Waals surface area contributed by atoms with Gasteiger partial charge in [0.2, 0.25) is 0 Å². The lowest BCUT2D eigenvalue weighted by Crippen LogP contribution is -1.93. The van der Waals surface area contributed by atoms with Crippen molar-refractivity contribution in [2.24, 2.45) is 0 Å². The van der Waals surface area contributed by atoms with Crippen LogP contribution in [0.5, 0.6) is 0 Å². The molecule has 0 amide bonds. The van der Waals surface area contributed by atoms with Gasteiger partial charge in [-0.1, -0.05) is 24.5 Å². The standard InChI is InChI=1S/C15H17FN2S/c1-9-6-7-12(16)11(8-9)13-14(17)19-15(18-13)10-4-2-3-5-10/h6-8,10H,2-5,17H2,1H3. The zero-order valence-electron chi connectivity index (χ0n) is 10.9. The Morgan fingerprint density at radius 1 is 1.32 bits per heavy atom. The number of halogens is 1. The van der Waals surface area contributed by atoms with Crippen molar-refractivity contribution in [3.63, 3.8) is 0 Å². The molecule has 2 N–H and O–H groups in total. The van der Waals surface area contributed by atoms with Crippen molar-refractivity contribution in [2.45, 2.75) is 38.5 Å². The summed E-state index contributed by atoms with van der Waals surface area (Å²) < 4.78 is 13.9. The van der Waals surface area contributed by atoms with Crippen molar-refractivity contribution in [3.05, 3.63) is 34.6 Å². The Kier molecular flexibility index (Phi) is 3.27. The molecule has 0 saturated heterocycles.